The van der Waals surface area contributed by atoms with Crippen molar-refractivity contribution in [2.75, 3.05) is 6.54 Å². The molecule has 0 saturated carbocycles. The molecule has 0 rings (SSSR count). The van der Waals surface area contributed by atoms with Crippen LogP contribution in [0.1, 0.15) is 86.5 Å². The molecule has 0 aromatic carbocycles. The van der Waals surface area contributed by atoms with Crippen LogP contribution in [0.4, 0.5) is 9.59 Å². The van der Waals surface area contributed by atoms with Crippen molar-refractivity contribution in [2.24, 2.45) is 0 Å². The van der Waals surface area contributed by atoms with E-state index in [-0.39, 0.29) is 6.54 Å². The Morgan fingerprint density at radius 2 is 1.16 bits per heavy atom. The summed E-state index contributed by atoms with van der Waals surface area (Å²) in [6, 6.07) is 0. The lowest BCUT2D eigenvalue weighted by Crippen LogP contribution is -2.44. The first kappa shape index (κ1) is 23.4. The van der Waals surface area contributed by atoms with Gasteiger partial charge in [0.05, 0.1) is 0 Å². The first-order valence-electron chi connectivity index (χ1n) is 9.13. The highest BCUT2D eigenvalue weighted by Gasteiger charge is 2.30. The summed E-state index contributed by atoms with van der Waals surface area (Å²) in [5, 5.41) is 0. The molecule has 0 fully saturated rings. The number of nitrogens with zero attached hydrogens (tertiary/aromatic N) is 1. The molecule has 0 heterocycles. The molecular formula is C19H35NO5. The van der Waals surface area contributed by atoms with Crippen molar-refractivity contribution in [3.8, 4) is 0 Å². The summed E-state index contributed by atoms with van der Waals surface area (Å²) >= 11 is 0. The van der Waals surface area contributed by atoms with Gasteiger partial charge in [-0.15, -0.1) is 0 Å². The molecule has 0 atom stereocenters. The Kier molecular flexibility index (Phi) is 10.4. The van der Waals surface area contributed by atoms with Crippen LogP contribution in [0.3, 0.4) is 0 Å². The van der Waals surface area contributed by atoms with Gasteiger partial charge in [0.15, 0.2) is 0 Å². The normalized spacial score (nSPS) is 11.8. The minimum absolute atomic E-state index is 0.276. The molecule has 6 heteroatoms. The summed E-state index contributed by atoms with van der Waals surface area (Å²) in [6.07, 6.45) is 5.83. The topological polar surface area (TPSA) is 72.9 Å². The zero-order valence-corrected chi connectivity index (χ0v) is 16.7. The van der Waals surface area contributed by atoms with Crippen molar-refractivity contribution in [2.45, 2.75) is 97.7 Å². The Morgan fingerprint density at radius 3 is 1.56 bits per heavy atom. The molecule has 0 spiro atoms. The van der Waals surface area contributed by atoms with E-state index >= 15 is 0 Å². The molecular weight excluding hydrogens is 322 g/mol. The number of carbonyl (C=O) groups is 3. The smallest absolute Gasteiger partial charge is 0.419 e. The van der Waals surface area contributed by atoms with Gasteiger partial charge in [-0.2, -0.15) is 0 Å². The predicted octanol–water partition coefficient (Wildman–Crippen LogP) is 5.09. The molecule has 0 aromatic heterocycles. The number of amides is 2. The van der Waals surface area contributed by atoms with E-state index in [2.05, 4.69) is 0 Å². The molecule has 25 heavy (non-hydrogen) atoms. The molecule has 146 valence electrons. The van der Waals surface area contributed by atoms with Crippen molar-refractivity contribution >= 4 is 18.5 Å². The van der Waals surface area contributed by atoms with E-state index in [1.165, 1.54) is 0 Å². The van der Waals surface area contributed by atoms with Gasteiger partial charge in [0.1, 0.15) is 17.5 Å². The lowest BCUT2D eigenvalue weighted by atomic mass is 10.1. The van der Waals surface area contributed by atoms with Crippen LogP contribution in [0.5, 0.6) is 0 Å². The largest absolute Gasteiger partial charge is 0.443 e. The van der Waals surface area contributed by atoms with Crippen molar-refractivity contribution in [3.63, 3.8) is 0 Å². The van der Waals surface area contributed by atoms with E-state index in [1.807, 2.05) is 0 Å². The third-order valence-corrected chi connectivity index (χ3v) is 3.18. The highest BCUT2D eigenvalue weighted by Crippen LogP contribution is 2.16. The van der Waals surface area contributed by atoms with Gasteiger partial charge in [0, 0.05) is 13.0 Å². The molecule has 0 unspecified atom stereocenters. The van der Waals surface area contributed by atoms with Crippen molar-refractivity contribution in [1.82, 2.24) is 4.90 Å². The zero-order chi connectivity index (χ0) is 19.5. The number of carbonyl (C=O) groups excluding carboxylic acids is 3. The van der Waals surface area contributed by atoms with E-state index in [0.29, 0.717) is 12.8 Å². The second-order valence-corrected chi connectivity index (χ2v) is 8.19. The van der Waals surface area contributed by atoms with Gasteiger partial charge in [-0.3, -0.25) is 0 Å². The summed E-state index contributed by atoms with van der Waals surface area (Å²) in [7, 11) is 0. The fourth-order valence-electron chi connectivity index (χ4n) is 2.10. The quantitative estimate of drug-likeness (QED) is 0.424. The maximum Gasteiger partial charge on any atom is 0.419 e. The molecule has 0 radical (unpaired) electrons. The number of hydrogen-bond acceptors (Lipinski definition) is 5. The van der Waals surface area contributed by atoms with Crippen molar-refractivity contribution in [3.05, 3.63) is 0 Å². The third-order valence-electron chi connectivity index (χ3n) is 3.18. The highest BCUT2D eigenvalue weighted by atomic mass is 16.6. The average Bonchev–Trinajstić information content (AvgIpc) is 2.41. The molecule has 0 saturated heterocycles. The standard InChI is InChI=1S/C19H35NO5/c1-18(2,3)24-16(22)20(17(23)25-19(4,5)6)14-12-10-8-7-9-11-13-15-21/h15H,7-14H2,1-6H3. The Hall–Kier alpha value is -1.59. The SMILES string of the molecule is CC(C)(C)OC(=O)N(CCCCCCCCC=O)C(=O)OC(C)(C)C. The fourth-order valence-corrected chi connectivity index (χ4v) is 2.10. The van der Waals surface area contributed by atoms with Gasteiger partial charge < -0.3 is 14.3 Å². The summed E-state index contributed by atoms with van der Waals surface area (Å²) < 4.78 is 10.6. The first-order valence-corrected chi connectivity index (χ1v) is 9.13. The molecule has 0 aromatic rings. The van der Waals surface area contributed by atoms with Gasteiger partial charge in [0.2, 0.25) is 0 Å². The second kappa shape index (κ2) is 11.1. The van der Waals surface area contributed by atoms with Crippen molar-refractivity contribution in [1.29, 1.82) is 0 Å². The number of imide groups is 1. The molecule has 0 aliphatic rings. The van der Waals surface area contributed by atoms with E-state index in [0.717, 1.165) is 43.3 Å². The van der Waals surface area contributed by atoms with Crippen LogP contribution >= 0.6 is 0 Å². The summed E-state index contributed by atoms with van der Waals surface area (Å²) in [6.45, 7) is 10.8. The number of ether oxygens (including phenoxy) is 2. The molecule has 0 N–H and O–H groups in total. The lowest BCUT2D eigenvalue weighted by Gasteiger charge is -2.28. The average molecular weight is 357 g/mol. The zero-order valence-electron chi connectivity index (χ0n) is 16.7. The van der Waals surface area contributed by atoms with E-state index in [4.69, 9.17) is 9.47 Å². The maximum atomic E-state index is 12.3. The summed E-state index contributed by atoms with van der Waals surface area (Å²) in [4.78, 5) is 35.9. The lowest BCUT2D eigenvalue weighted by molar-refractivity contribution is -0.107. The van der Waals surface area contributed by atoms with Gasteiger partial charge in [0.25, 0.3) is 0 Å². The Balaban J connectivity index is 4.47. The van der Waals surface area contributed by atoms with Gasteiger partial charge in [-0.05, 0) is 54.4 Å². The first-order chi connectivity index (χ1) is 11.5. The Bertz CT molecular complexity index is 393. The number of rotatable bonds is 9. The van der Waals surface area contributed by atoms with Crippen LogP contribution in [-0.2, 0) is 14.3 Å². The minimum Gasteiger partial charge on any atom is -0.443 e. The molecule has 0 bridgehead atoms. The Morgan fingerprint density at radius 1 is 0.760 bits per heavy atom. The van der Waals surface area contributed by atoms with Crippen LogP contribution in [-0.4, -0.2) is 41.1 Å². The third kappa shape index (κ3) is 13.4. The van der Waals surface area contributed by atoms with Crippen LogP contribution in [0.2, 0.25) is 0 Å². The molecule has 0 aliphatic heterocycles. The predicted molar refractivity (Wildman–Crippen MR) is 97.6 cm³/mol. The van der Waals surface area contributed by atoms with Gasteiger partial charge in [-0.25, -0.2) is 14.5 Å². The minimum atomic E-state index is -0.673. The highest BCUT2D eigenvalue weighted by molar-refractivity contribution is 5.88. The van der Waals surface area contributed by atoms with Crippen LogP contribution in [0.25, 0.3) is 0 Å². The fraction of sp³-hybridized carbons (Fsp3) is 0.842. The van der Waals surface area contributed by atoms with E-state index in [9.17, 15) is 14.4 Å². The molecule has 6 nitrogen and oxygen atoms in total. The van der Waals surface area contributed by atoms with E-state index < -0.39 is 23.4 Å². The molecule has 2 amide bonds. The summed E-state index contributed by atoms with van der Waals surface area (Å²) in [5.41, 5.74) is -1.34. The number of unbranched alkanes of at least 4 members (excludes halogenated alkanes) is 6. The van der Waals surface area contributed by atoms with Crippen LogP contribution < -0.4 is 0 Å². The van der Waals surface area contributed by atoms with Crippen molar-refractivity contribution < 1.29 is 23.9 Å². The number of hydrogen-bond donors (Lipinski definition) is 0. The Labute approximate surface area is 152 Å². The van der Waals surface area contributed by atoms with Gasteiger partial charge in [-0.1, -0.05) is 25.7 Å². The van der Waals surface area contributed by atoms with E-state index in [1.54, 1.807) is 41.5 Å². The number of aldehydes is 1. The van der Waals surface area contributed by atoms with Crippen LogP contribution in [0, 0.1) is 0 Å². The van der Waals surface area contributed by atoms with Gasteiger partial charge >= 0.3 is 12.2 Å². The van der Waals surface area contributed by atoms with Crippen LogP contribution in [0.15, 0.2) is 0 Å². The monoisotopic (exact) mass is 357 g/mol. The molecule has 0 aliphatic carbocycles. The second-order valence-electron chi connectivity index (χ2n) is 8.19. The maximum absolute atomic E-state index is 12.3. The summed E-state index contributed by atoms with van der Waals surface area (Å²) in [5.74, 6) is 0.